The van der Waals surface area contributed by atoms with Gasteiger partial charge in [-0.25, -0.2) is 0 Å². The van der Waals surface area contributed by atoms with E-state index in [9.17, 15) is 0 Å². The van der Waals surface area contributed by atoms with E-state index in [1.165, 1.54) is 32.1 Å². The van der Waals surface area contributed by atoms with Gasteiger partial charge in [-0.2, -0.15) is 0 Å². The van der Waals surface area contributed by atoms with E-state index < -0.39 is 0 Å². The fraction of sp³-hybridized carbons (Fsp3) is 0.917. The van der Waals surface area contributed by atoms with Crippen molar-refractivity contribution in [1.29, 1.82) is 0 Å². The molecule has 0 bridgehead atoms. The zero-order valence-electron chi connectivity index (χ0n) is 10.1. The van der Waals surface area contributed by atoms with Crippen LogP contribution in [0.1, 0.15) is 46.0 Å². The van der Waals surface area contributed by atoms with Gasteiger partial charge in [-0.05, 0) is 37.4 Å². The van der Waals surface area contributed by atoms with E-state index in [-0.39, 0.29) is 0 Å². The molecule has 0 aromatic heterocycles. The zero-order chi connectivity index (χ0) is 11.1. The van der Waals surface area contributed by atoms with Crippen LogP contribution in [0.25, 0.3) is 0 Å². The Morgan fingerprint density at radius 3 is 2.53 bits per heavy atom. The number of unbranched alkanes of at least 4 members (excludes halogenated alkanes) is 1. The van der Waals surface area contributed by atoms with Gasteiger partial charge in [0.05, 0.1) is 0 Å². The fourth-order valence-corrected chi connectivity index (χ4v) is 2.31. The number of piperidine rings is 1. The van der Waals surface area contributed by atoms with Gasteiger partial charge in [0.1, 0.15) is 0 Å². The molecular formula is C12H24N2S. The van der Waals surface area contributed by atoms with Crippen LogP contribution >= 0.6 is 12.2 Å². The number of thiocarbonyl (C=S) groups is 1. The second-order valence-electron chi connectivity index (χ2n) is 4.42. The standard InChI is InChI=1S/C12H24N2S/c1-3-5-8-13-12(15)14-9-6-11(4-2)7-10-14/h11H,3-10H2,1-2H3,(H,13,15). The van der Waals surface area contributed by atoms with Gasteiger partial charge in [-0.3, -0.25) is 0 Å². The van der Waals surface area contributed by atoms with Crippen LogP contribution in [0.4, 0.5) is 0 Å². The Morgan fingerprint density at radius 2 is 2.00 bits per heavy atom. The molecule has 0 spiro atoms. The number of hydrogen-bond donors (Lipinski definition) is 1. The molecule has 0 aliphatic carbocycles. The molecule has 1 aliphatic rings. The van der Waals surface area contributed by atoms with E-state index in [1.54, 1.807) is 0 Å². The lowest BCUT2D eigenvalue weighted by Gasteiger charge is -2.33. The van der Waals surface area contributed by atoms with Crippen LogP contribution in [0, 0.1) is 5.92 Å². The highest BCUT2D eigenvalue weighted by atomic mass is 32.1. The molecule has 0 saturated carbocycles. The number of rotatable bonds is 4. The largest absolute Gasteiger partial charge is 0.363 e. The van der Waals surface area contributed by atoms with Crippen LogP contribution in [-0.2, 0) is 0 Å². The van der Waals surface area contributed by atoms with Crippen LogP contribution in [0.15, 0.2) is 0 Å². The van der Waals surface area contributed by atoms with E-state index in [2.05, 4.69) is 24.1 Å². The molecule has 15 heavy (non-hydrogen) atoms. The maximum absolute atomic E-state index is 5.38. The smallest absolute Gasteiger partial charge is 0.168 e. The summed E-state index contributed by atoms with van der Waals surface area (Å²) >= 11 is 5.38. The molecule has 1 saturated heterocycles. The number of nitrogens with zero attached hydrogens (tertiary/aromatic N) is 1. The Bertz CT molecular complexity index is 186. The summed E-state index contributed by atoms with van der Waals surface area (Å²) in [5.41, 5.74) is 0. The predicted octanol–water partition coefficient (Wildman–Crippen LogP) is 2.78. The minimum Gasteiger partial charge on any atom is -0.363 e. The van der Waals surface area contributed by atoms with Crippen LogP contribution in [0.3, 0.4) is 0 Å². The molecule has 0 aromatic rings. The molecule has 0 amide bonds. The second kappa shape index (κ2) is 7.04. The quantitative estimate of drug-likeness (QED) is 0.588. The lowest BCUT2D eigenvalue weighted by molar-refractivity contribution is 0.259. The summed E-state index contributed by atoms with van der Waals surface area (Å²) in [5, 5.41) is 4.31. The van der Waals surface area contributed by atoms with Gasteiger partial charge < -0.3 is 10.2 Å². The van der Waals surface area contributed by atoms with Crippen molar-refractivity contribution in [1.82, 2.24) is 10.2 Å². The molecule has 1 rings (SSSR count). The summed E-state index contributed by atoms with van der Waals surface area (Å²) in [6, 6.07) is 0. The van der Waals surface area contributed by atoms with Crippen molar-refractivity contribution in [3.63, 3.8) is 0 Å². The summed E-state index contributed by atoms with van der Waals surface area (Å²) < 4.78 is 0. The number of nitrogens with one attached hydrogen (secondary N) is 1. The van der Waals surface area contributed by atoms with Crippen LogP contribution in [0.5, 0.6) is 0 Å². The molecule has 1 aliphatic heterocycles. The molecule has 2 nitrogen and oxygen atoms in total. The third-order valence-corrected chi connectivity index (χ3v) is 3.69. The average Bonchev–Trinajstić information content (AvgIpc) is 2.29. The first kappa shape index (κ1) is 12.8. The minimum atomic E-state index is 0.930. The Labute approximate surface area is 99.4 Å². The van der Waals surface area contributed by atoms with E-state index in [4.69, 9.17) is 12.2 Å². The number of likely N-dealkylation sites (tertiary alicyclic amines) is 1. The van der Waals surface area contributed by atoms with Gasteiger partial charge in [-0.15, -0.1) is 0 Å². The van der Waals surface area contributed by atoms with Gasteiger partial charge in [0.25, 0.3) is 0 Å². The third kappa shape index (κ3) is 4.37. The summed E-state index contributed by atoms with van der Waals surface area (Å²) in [5.74, 6) is 0.930. The lowest BCUT2D eigenvalue weighted by Crippen LogP contribution is -2.44. The van der Waals surface area contributed by atoms with Gasteiger partial charge in [0.15, 0.2) is 5.11 Å². The van der Waals surface area contributed by atoms with Crippen molar-refractivity contribution in [2.75, 3.05) is 19.6 Å². The highest BCUT2D eigenvalue weighted by Gasteiger charge is 2.18. The lowest BCUT2D eigenvalue weighted by atomic mass is 9.95. The van der Waals surface area contributed by atoms with Crippen molar-refractivity contribution in [2.45, 2.75) is 46.0 Å². The molecule has 1 fully saturated rings. The first-order valence-electron chi connectivity index (χ1n) is 6.30. The summed E-state index contributed by atoms with van der Waals surface area (Å²) in [6.07, 6.45) is 6.39. The molecule has 1 N–H and O–H groups in total. The van der Waals surface area contributed by atoms with Crippen molar-refractivity contribution in [2.24, 2.45) is 5.92 Å². The Balaban J connectivity index is 2.18. The van der Waals surface area contributed by atoms with E-state index >= 15 is 0 Å². The van der Waals surface area contributed by atoms with Crippen LogP contribution in [-0.4, -0.2) is 29.6 Å². The van der Waals surface area contributed by atoms with E-state index in [1.807, 2.05) is 0 Å². The van der Waals surface area contributed by atoms with E-state index in [0.29, 0.717) is 0 Å². The van der Waals surface area contributed by atoms with Gasteiger partial charge in [0.2, 0.25) is 0 Å². The highest BCUT2D eigenvalue weighted by molar-refractivity contribution is 7.80. The molecule has 3 heteroatoms. The normalized spacial score (nSPS) is 17.9. The Morgan fingerprint density at radius 1 is 1.33 bits per heavy atom. The average molecular weight is 228 g/mol. The predicted molar refractivity (Wildman–Crippen MR) is 70.1 cm³/mol. The maximum atomic E-state index is 5.38. The molecule has 88 valence electrons. The number of hydrogen-bond acceptors (Lipinski definition) is 1. The van der Waals surface area contributed by atoms with Crippen molar-refractivity contribution in [3.05, 3.63) is 0 Å². The molecule has 0 atom stereocenters. The molecule has 0 aromatic carbocycles. The second-order valence-corrected chi connectivity index (χ2v) is 4.81. The maximum Gasteiger partial charge on any atom is 0.168 e. The third-order valence-electron chi connectivity index (χ3n) is 3.29. The Hall–Kier alpha value is -0.310. The SMILES string of the molecule is CCCCNC(=S)N1CCC(CC)CC1. The molecule has 0 radical (unpaired) electrons. The molecule has 0 unspecified atom stereocenters. The van der Waals surface area contributed by atoms with Crippen molar-refractivity contribution >= 4 is 17.3 Å². The highest BCUT2D eigenvalue weighted by Crippen LogP contribution is 2.19. The summed E-state index contributed by atoms with van der Waals surface area (Å²) in [6.45, 7) is 7.82. The summed E-state index contributed by atoms with van der Waals surface area (Å²) in [4.78, 5) is 2.33. The van der Waals surface area contributed by atoms with Gasteiger partial charge in [0, 0.05) is 19.6 Å². The van der Waals surface area contributed by atoms with Crippen LogP contribution < -0.4 is 5.32 Å². The fourth-order valence-electron chi connectivity index (χ4n) is 2.03. The van der Waals surface area contributed by atoms with Gasteiger partial charge in [-0.1, -0.05) is 26.7 Å². The first-order chi connectivity index (χ1) is 7.27. The van der Waals surface area contributed by atoms with Crippen LogP contribution in [0.2, 0.25) is 0 Å². The molecule has 1 heterocycles. The topological polar surface area (TPSA) is 15.3 Å². The monoisotopic (exact) mass is 228 g/mol. The first-order valence-corrected chi connectivity index (χ1v) is 6.71. The van der Waals surface area contributed by atoms with Crippen molar-refractivity contribution < 1.29 is 0 Å². The minimum absolute atomic E-state index is 0.930. The zero-order valence-corrected chi connectivity index (χ0v) is 10.9. The van der Waals surface area contributed by atoms with E-state index in [0.717, 1.165) is 30.7 Å². The molecular weight excluding hydrogens is 204 g/mol. The summed E-state index contributed by atoms with van der Waals surface area (Å²) in [7, 11) is 0. The van der Waals surface area contributed by atoms with Crippen molar-refractivity contribution in [3.8, 4) is 0 Å². The Kier molecular flexibility index (Phi) is 5.99. The van der Waals surface area contributed by atoms with Gasteiger partial charge >= 0.3 is 0 Å².